The molecule has 11 rings (SSSR count). The Morgan fingerprint density at radius 2 is 1.00 bits per heavy atom. The first-order chi connectivity index (χ1) is 36.9. The molecule has 1 saturated heterocycles. The highest BCUT2D eigenvalue weighted by Crippen LogP contribution is 2.36. The molecule has 5 aromatic carbocycles. The molecule has 1 aromatic heterocycles. The normalized spacial score (nSPS) is 15.2. The summed E-state index contributed by atoms with van der Waals surface area (Å²) < 4.78 is 27.2. The number of aromatic nitrogens is 1. The van der Waals surface area contributed by atoms with Crippen molar-refractivity contribution in [2.75, 3.05) is 44.7 Å². The van der Waals surface area contributed by atoms with E-state index in [4.69, 9.17) is 23.2 Å². The van der Waals surface area contributed by atoms with Crippen LogP contribution in [0.15, 0.2) is 121 Å². The van der Waals surface area contributed by atoms with Crippen LogP contribution in [-0.2, 0) is 70.7 Å². The summed E-state index contributed by atoms with van der Waals surface area (Å²) in [5, 5.41) is 0.880. The molecule has 0 spiro atoms. The molecule has 6 heterocycles. The lowest BCUT2D eigenvalue weighted by Gasteiger charge is -2.19. The highest BCUT2D eigenvalue weighted by atomic mass is 35.5. The third-order valence-corrected chi connectivity index (χ3v) is 18.4. The number of likely N-dealkylation sites (tertiary alicyclic amines) is 1. The SMILES string of the molecule is O=C1Cc2ccc(C(=O)CCCl)cc2S1.O=C1Cc2ccc(CCCCl)cc2S1.O=C1Cc2ccc(CCCF)cc2S1.O=C1Cc2ccccc2S1.O=c1sc2cc(CCCF)ccc2n1CCN1CCCCCC1. The van der Waals surface area contributed by atoms with Crippen LogP contribution in [0.1, 0.15) is 101 Å². The molecule has 8 nitrogen and oxygen atoms in total. The molecule has 5 aliphatic rings. The molecule has 0 bridgehead atoms. The van der Waals surface area contributed by atoms with Crippen molar-refractivity contribution >= 4 is 118 Å². The fraction of sp³-hybridized carbons (Fsp3) is 0.390. The first kappa shape index (κ1) is 59.6. The van der Waals surface area contributed by atoms with Crippen molar-refractivity contribution in [2.45, 2.75) is 122 Å². The zero-order chi connectivity index (χ0) is 53.8. The number of rotatable bonds is 15. The van der Waals surface area contributed by atoms with Crippen molar-refractivity contribution in [3.05, 3.63) is 151 Å². The number of aryl methyl sites for hydroxylation is 3. The maximum atomic E-state index is 12.3. The Morgan fingerprint density at radius 1 is 0.513 bits per heavy atom. The van der Waals surface area contributed by atoms with E-state index >= 15 is 0 Å². The van der Waals surface area contributed by atoms with Crippen molar-refractivity contribution in [3.63, 3.8) is 0 Å². The molecule has 0 N–H and O–H groups in total. The van der Waals surface area contributed by atoms with Crippen LogP contribution in [0.5, 0.6) is 0 Å². The van der Waals surface area contributed by atoms with E-state index in [-0.39, 0.29) is 44.5 Å². The van der Waals surface area contributed by atoms with Gasteiger partial charge in [0.05, 0.1) is 23.6 Å². The largest absolute Gasteiger partial charge is 0.308 e. The highest BCUT2D eigenvalue weighted by molar-refractivity contribution is 8.14. The van der Waals surface area contributed by atoms with Crippen molar-refractivity contribution in [2.24, 2.45) is 0 Å². The first-order valence-electron chi connectivity index (χ1n) is 25.8. The second-order valence-electron chi connectivity index (χ2n) is 18.7. The molecule has 0 amide bonds. The molecule has 0 unspecified atom stereocenters. The van der Waals surface area contributed by atoms with Gasteiger partial charge in [0.25, 0.3) is 0 Å². The quantitative estimate of drug-likeness (QED) is 0.0724. The van der Waals surface area contributed by atoms with Gasteiger partial charge in [-0.1, -0.05) is 132 Å². The predicted molar refractivity (Wildman–Crippen MR) is 312 cm³/mol. The van der Waals surface area contributed by atoms with Gasteiger partial charge in [-0.15, -0.1) is 23.2 Å². The number of thiazole rings is 1. The summed E-state index contributed by atoms with van der Waals surface area (Å²) in [7, 11) is 0. The van der Waals surface area contributed by atoms with Crippen LogP contribution in [0.2, 0.25) is 0 Å². The minimum Gasteiger partial charge on any atom is -0.302 e. The third kappa shape index (κ3) is 18.0. The lowest BCUT2D eigenvalue weighted by Crippen LogP contribution is -2.30. The van der Waals surface area contributed by atoms with Gasteiger partial charge in [0.15, 0.2) is 26.2 Å². The number of nitrogens with zero attached hydrogens (tertiary/aromatic N) is 2. The van der Waals surface area contributed by atoms with Crippen LogP contribution in [0.4, 0.5) is 8.78 Å². The lowest BCUT2D eigenvalue weighted by molar-refractivity contribution is -0.110. The summed E-state index contributed by atoms with van der Waals surface area (Å²) in [5.74, 6) is 1.07. The van der Waals surface area contributed by atoms with E-state index in [2.05, 4.69) is 29.2 Å². The van der Waals surface area contributed by atoms with Gasteiger partial charge in [-0.05, 0) is 140 Å². The number of ketones is 1. The standard InChI is InChI=1S/C18H25FN2OS.C11H9ClO2S.C11H11ClOS.C11H11FOS.C8H6OS/c19-9-5-6-15-7-8-16-17(14-15)23-18(22)21(16)13-12-20-10-3-1-2-4-11-20;12-4-3-9(13)7-1-2-8-6-11(14)15-10(8)5-7;2*12-5-1-2-8-3-4-9-7-11(13)14-10(9)6-8;9-8-5-6-3-1-2-4-7(6)10-8/h7-8,14H,1-6,9-13H2;1-2,5H,3-4,6H2;2*3-4,6H,1-2,5,7H2;1-4H,5H2. The molecule has 17 heteroatoms. The van der Waals surface area contributed by atoms with E-state index in [0.717, 1.165) is 104 Å². The van der Waals surface area contributed by atoms with Gasteiger partial charge in [-0.3, -0.25) is 42.1 Å². The number of fused-ring (bicyclic) bond motifs is 5. The summed E-state index contributed by atoms with van der Waals surface area (Å²) in [5.41, 5.74) is 9.70. The molecule has 0 radical (unpaired) electrons. The molecular formula is C59H62Cl2F2N2O6S5. The summed E-state index contributed by atoms with van der Waals surface area (Å²) in [6.07, 6.45) is 12.4. The Labute approximate surface area is 475 Å². The molecule has 0 atom stereocenters. The second-order valence-corrected chi connectivity index (χ2v) is 24.9. The molecule has 76 heavy (non-hydrogen) atoms. The van der Waals surface area contributed by atoms with Gasteiger partial charge >= 0.3 is 4.87 Å². The lowest BCUT2D eigenvalue weighted by atomic mass is 10.1. The predicted octanol–water partition coefficient (Wildman–Crippen LogP) is 14.2. The number of hydrogen-bond acceptors (Lipinski definition) is 12. The fourth-order valence-corrected chi connectivity index (χ4v) is 14.1. The number of thioether (sulfide) groups is 4. The van der Waals surface area contributed by atoms with E-state index in [1.807, 2.05) is 65.2 Å². The zero-order valence-electron chi connectivity index (χ0n) is 42.4. The number of Topliss-reactive ketones (excluding diaryl/α,β-unsaturated/α-hetero) is 1. The maximum absolute atomic E-state index is 12.3. The fourth-order valence-electron chi connectivity index (χ4n) is 9.09. The van der Waals surface area contributed by atoms with E-state index in [9.17, 15) is 37.5 Å². The Hall–Kier alpha value is -4.06. The van der Waals surface area contributed by atoms with Gasteiger partial charge in [-0.2, -0.15) is 0 Å². The molecule has 6 aromatic rings. The van der Waals surface area contributed by atoms with E-state index in [1.165, 1.54) is 101 Å². The number of benzene rings is 5. The van der Waals surface area contributed by atoms with Gasteiger partial charge in [0, 0.05) is 82.1 Å². The Kier molecular flexibility index (Phi) is 24.2. The number of carbonyl (C=O) groups excluding carboxylic acids is 5. The van der Waals surface area contributed by atoms with E-state index in [1.54, 1.807) is 12.1 Å². The van der Waals surface area contributed by atoms with Crippen molar-refractivity contribution in [3.8, 4) is 0 Å². The number of alkyl halides is 4. The van der Waals surface area contributed by atoms with Gasteiger partial charge < -0.3 is 4.90 Å². The van der Waals surface area contributed by atoms with Crippen LogP contribution in [-0.4, -0.2) is 80.5 Å². The molecule has 402 valence electrons. The summed E-state index contributed by atoms with van der Waals surface area (Å²) >= 11 is 17.7. The topological polar surface area (TPSA) is 111 Å². The molecule has 1 fully saturated rings. The number of carbonyl (C=O) groups is 5. The molecule has 5 aliphatic heterocycles. The minimum absolute atomic E-state index is 0.0350. The van der Waals surface area contributed by atoms with Crippen LogP contribution in [0, 0.1) is 0 Å². The Bertz CT molecular complexity index is 2950. The van der Waals surface area contributed by atoms with Crippen LogP contribution >= 0.6 is 81.6 Å². The van der Waals surface area contributed by atoms with Gasteiger partial charge in [0.1, 0.15) is 0 Å². The average Bonchev–Trinajstić information content (AvgIpc) is 4.23. The second kappa shape index (κ2) is 30.9. The van der Waals surface area contributed by atoms with Gasteiger partial charge in [-0.25, -0.2) is 0 Å². The van der Waals surface area contributed by atoms with E-state index < -0.39 is 0 Å². The zero-order valence-corrected chi connectivity index (χ0v) is 48.0. The molecule has 0 saturated carbocycles. The van der Waals surface area contributed by atoms with Crippen molar-refractivity contribution < 1.29 is 32.8 Å². The maximum Gasteiger partial charge on any atom is 0.308 e. The molecular weight excluding hydrogens is 1100 g/mol. The first-order valence-corrected chi connectivity index (χ1v) is 31.0. The minimum atomic E-state index is -0.287. The smallest absolute Gasteiger partial charge is 0.302 e. The van der Waals surface area contributed by atoms with Crippen LogP contribution in [0.3, 0.4) is 0 Å². The summed E-state index contributed by atoms with van der Waals surface area (Å²) in [6.45, 7) is 3.47. The Balaban J connectivity index is 0.000000142. The van der Waals surface area contributed by atoms with Crippen LogP contribution in [0.25, 0.3) is 10.2 Å². The van der Waals surface area contributed by atoms with Crippen LogP contribution < -0.4 is 4.87 Å². The monoisotopic (exact) mass is 1160 g/mol. The summed E-state index contributed by atoms with van der Waals surface area (Å²) in [6, 6.07) is 31.8. The van der Waals surface area contributed by atoms with Crippen molar-refractivity contribution in [1.29, 1.82) is 0 Å². The molecule has 0 aliphatic carbocycles. The average molecular weight is 1160 g/mol. The summed E-state index contributed by atoms with van der Waals surface area (Å²) in [4.78, 5) is 75.0. The van der Waals surface area contributed by atoms with Gasteiger partial charge in [0.2, 0.25) is 0 Å². The highest BCUT2D eigenvalue weighted by Gasteiger charge is 2.23. The third-order valence-electron chi connectivity index (χ3n) is 13.0. The Morgan fingerprint density at radius 3 is 1.54 bits per heavy atom. The number of halogens is 4. The van der Waals surface area contributed by atoms with Crippen molar-refractivity contribution in [1.82, 2.24) is 9.47 Å². The van der Waals surface area contributed by atoms with E-state index in [0.29, 0.717) is 62.3 Å². The number of hydrogen-bond donors (Lipinski definition) is 0.